The van der Waals surface area contributed by atoms with Gasteiger partial charge in [0.15, 0.2) is 0 Å². The van der Waals surface area contributed by atoms with E-state index in [9.17, 15) is 4.79 Å². The lowest BCUT2D eigenvalue weighted by Gasteiger charge is -2.10. The Kier molecular flexibility index (Phi) is 4.62. The largest absolute Gasteiger partial charge is 0.457 e. The Hall–Kier alpha value is -3.07. The molecule has 3 nitrogen and oxygen atoms in total. The highest BCUT2D eigenvalue weighted by Crippen LogP contribution is 2.23. The van der Waals surface area contributed by atoms with Gasteiger partial charge in [-0.3, -0.25) is 4.79 Å². The first-order chi connectivity index (χ1) is 11.6. The first kappa shape index (κ1) is 15.8. The Morgan fingerprint density at radius 2 is 1.50 bits per heavy atom. The van der Waals surface area contributed by atoms with Crippen LogP contribution in [0.4, 0.5) is 5.69 Å². The summed E-state index contributed by atoms with van der Waals surface area (Å²) >= 11 is 0. The molecule has 0 heterocycles. The first-order valence-corrected chi connectivity index (χ1v) is 7.83. The molecule has 120 valence electrons. The molecule has 0 aliphatic heterocycles. The summed E-state index contributed by atoms with van der Waals surface area (Å²) in [7, 11) is 0. The maximum absolute atomic E-state index is 12.4. The van der Waals surface area contributed by atoms with Gasteiger partial charge >= 0.3 is 0 Å². The lowest BCUT2D eigenvalue weighted by Crippen LogP contribution is -2.13. The Balaban J connectivity index is 1.70. The van der Waals surface area contributed by atoms with Crippen LogP contribution in [0.15, 0.2) is 72.8 Å². The summed E-state index contributed by atoms with van der Waals surface area (Å²) in [5, 5.41) is 2.92. The number of hydrogen-bond acceptors (Lipinski definition) is 2. The van der Waals surface area contributed by atoms with E-state index >= 15 is 0 Å². The van der Waals surface area contributed by atoms with Crippen molar-refractivity contribution in [3.05, 3.63) is 89.5 Å². The van der Waals surface area contributed by atoms with Gasteiger partial charge in [-0.2, -0.15) is 0 Å². The molecule has 0 bridgehead atoms. The molecule has 0 aliphatic rings. The van der Waals surface area contributed by atoms with Crippen LogP contribution in [-0.2, 0) is 0 Å². The van der Waals surface area contributed by atoms with Gasteiger partial charge in [-0.25, -0.2) is 0 Å². The maximum Gasteiger partial charge on any atom is 0.255 e. The zero-order valence-electron chi connectivity index (χ0n) is 13.7. The van der Waals surface area contributed by atoms with Crippen molar-refractivity contribution in [2.24, 2.45) is 0 Å². The Morgan fingerprint density at radius 1 is 0.833 bits per heavy atom. The summed E-state index contributed by atoms with van der Waals surface area (Å²) in [4.78, 5) is 12.4. The van der Waals surface area contributed by atoms with Gasteiger partial charge in [0, 0.05) is 11.3 Å². The van der Waals surface area contributed by atoms with E-state index in [0.29, 0.717) is 5.56 Å². The average molecular weight is 317 g/mol. The Morgan fingerprint density at radius 3 is 2.21 bits per heavy atom. The zero-order chi connectivity index (χ0) is 16.9. The highest BCUT2D eigenvalue weighted by molar-refractivity contribution is 6.05. The number of anilines is 1. The Bertz CT molecular complexity index is 839. The summed E-state index contributed by atoms with van der Waals surface area (Å²) in [6.45, 7) is 3.91. The second-order valence-electron chi connectivity index (χ2n) is 5.71. The second-order valence-corrected chi connectivity index (χ2v) is 5.71. The standard InChI is InChI=1S/C21H19NO2/c1-15-8-9-16(2)20(14-15)21(23)22-17-10-12-19(13-11-17)24-18-6-4-3-5-7-18/h3-14H,1-2H3,(H,22,23). The van der Waals surface area contributed by atoms with E-state index in [1.165, 1.54) is 0 Å². The van der Waals surface area contributed by atoms with Crippen molar-refractivity contribution in [2.45, 2.75) is 13.8 Å². The quantitative estimate of drug-likeness (QED) is 0.704. The van der Waals surface area contributed by atoms with Crippen molar-refractivity contribution in [1.29, 1.82) is 0 Å². The summed E-state index contributed by atoms with van der Waals surface area (Å²) in [5.74, 6) is 1.41. The molecule has 0 unspecified atom stereocenters. The molecule has 0 aliphatic carbocycles. The highest BCUT2D eigenvalue weighted by atomic mass is 16.5. The third-order valence-electron chi connectivity index (χ3n) is 3.73. The predicted octanol–water partition coefficient (Wildman–Crippen LogP) is 5.35. The number of rotatable bonds is 4. The minimum Gasteiger partial charge on any atom is -0.457 e. The third kappa shape index (κ3) is 3.82. The number of hydrogen-bond donors (Lipinski definition) is 1. The molecule has 24 heavy (non-hydrogen) atoms. The summed E-state index contributed by atoms with van der Waals surface area (Å²) in [6.07, 6.45) is 0. The molecular formula is C21H19NO2. The number of amides is 1. The van der Waals surface area contributed by atoms with Gasteiger partial charge in [-0.1, -0.05) is 35.9 Å². The maximum atomic E-state index is 12.4. The van der Waals surface area contributed by atoms with Gasteiger partial charge in [0.1, 0.15) is 11.5 Å². The zero-order valence-corrected chi connectivity index (χ0v) is 13.7. The minimum absolute atomic E-state index is 0.104. The van der Waals surface area contributed by atoms with Gasteiger partial charge in [0.2, 0.25) is 0 Å². The van der Waals surface area contributed by atoms with Gasteiger partial charge in [-0.05, 0) is 61.9 Å². The van der Waals surface area contributed by atoms with E-state index in [4.69, 9.17) is 4.74 Å². The normalized spacial score (nSPS) is 10.2. The highest BCUT2D eigenvalue weighted by Gasteiger charge is 2.09. The summed E-state index contributed by atoms with van der Waals surface area (Å²) in [5.41, 5.74) is 3.46. The lowest BCUT2D eigenvalue weighted by atomic mass is 10.1. The molecule has 0 saturated carbocycles. The van der Waals surface area contributed by atoms with Gasteiger partial charge in [0.05, 0.1) is 0 Å². The van der Waals surface area contributed by atoms with Crippen LogP contribution in [0, 0.1) is 13.8 Å². The van der Waals surface area contributed by atoms with E-state index < -0.39 is 0 Å². The molecule has 0 saturated heterocycles. The molecule has 3 heteroatoms. The molecule has 0 spiro atoms. The summed E-state index contributed by atoms with van der Waals surface area (Å²) in [6, 6.07) is 22.8. The molecule has 1 N–H and O–H groups in total. The number of ether oxygens (including phenoxy) is 1. The van der Waals surface area contributed by atoms with E-state index in [-0.39, 0.29) is 5.91 Å². The number of carbonyl (C=O) groups is 1. The fraction of sp³-hybridized carbons (Fsp3) is 0.0952. The molecular weight excluding hydrogens is 298 g/mol. The average Bonchev–Trinajstić information content (AvgIpc) is 2.59. The van der Waals surface area contributed by atoms with E-state index in [1.807, 2.05) is 86.6 Å². The molecule has 3 rings (SSSR count). The van der Waals surface area contributed by atoms with Crippen molar-refractivity contribution >= 4 is 11.6 Å². The first-order valence-electron chi connectivity index (χ1n) is 7.83. The van der Waals surface area contributed by atoms with E-state index in [2.05, 4.69) is 5.32 Å². The van der Waals surface area contributed by atoms with E-state index in [0.717, 1.165) is 28.3 Å². The topological polar surface area (TPSA) is 38.3 Å². The van der Waals surface area contributed by atoms with Gasteiger partial charge < -0.3 is 10.1 Å². The van der Waals surface area contributed by atoms with Crippen LogP contribution >= 0.6 is 0 Å². The molecule has 0 radical (unpaired) electrons. The molecule has 3 aromatic carbocycles. The van der Waals surface area contributed by atoms with Crippen LogP contribution in [0.2, 0.25) is 0 Å². The van der Waals surface area contributed by atoms with Crippen molar-refractivity contribution in [3.8, 4) is 11.5 Å². The minimum atomic E-state index is -0.104. The molecule has 3 aromatic rings. The van der Waals surface area contributed by atoms with Crippen LogP contribution in [0.5, 0.6) is 11.5 Å². The lowest BCUT2D eigenvalue weighted by molar-refractivity contribution is 0.102. The smallest absolute Gasteiger partial charge is 0.255 e. The van der Waals surface area contributed by atoms with Crippen molar-refractivity contribution in [1.82, 2.24) is 0 Å². The third-order valence-corrected chi connectivity index (χ3v) is 3.73. The van der Waals surface area contributed by atoms with Crippen LogP contribution in [0.25, 0.3) is 0 Å². The van der Waals surface area contributed by atoms with Crippen molar-refractivity contribution in [3.63, 3.8) is 0 Å². The van der Waals surface area contributed by atoms with Crippen molar-refractivity contribution in [2.75, 3.05) is 5.32 Å². The van der Waals surface area contributed by atoms with Gasteiger partial charge in [-0.15, -0.1) is 0 Å². The van der Waals surface area contributed by atoms with Crippen LogP contribution in [-0.4, -0.2) is 5.91 Å². The van der Waals surface area contributed by atoms with Crippen LogP contribution in [0.3, 0.4) is 0 Å². The second kappa shape index (κ2) is 7.01. The van der Waals surface area contributed by atoms with Crippen LogP contribution < -0.4 is 10.1 Å². The number of aryl methyl sites for hydroxylation is 2. The van der Waals surface area contributed by atoms with Crippen molar-refractivity contribution < 1.29 is 9.53 Å². The summed E-state index contributed by atoms with van der Waals surface area (Å²) < 4.78 is 5.75. The van der Waals surface area contributed by atoms with Gasteiger partial charge in [0.25, 0.3) is 5.91 Å². The molecule has 1 amide bonds. The molecule has 0 fully saturated rings. The Labute approximate surface area is 141 Å². The monoisotopic (exact) mass is 317 g/mol. The SMILES string of the molecule is Cc1ccc(C)c(C(=O)Nc2ccc(Oc3ccccc3)cc2)c1. The molecule has 0 atom stereocenters. The number of nitrogens with one attached hydrogen (secondary N) is 1. The fourth-order valence-corrected chi connectivity index (χ4v) is 2.41. The number of benzene rings is 3. The van der Waals surface area contributed by atoms with E-state index in [1.54, 1.807) is 0 Å². The predicted molar refractivity (Wildman–Crippen MR) is 96.8 cm³/mol. The fourth-order valence-electron chi connectivity index (χ4n) is 2.41. The number of para-hydroxylation sites is 1. The molecule has 0 aromatic heterocycles. The van der Waals surface area contributed by atoms with Crippen LogP contribution in [0.1, 0.15) is 21.5 Å². The number of carbonyl (C=O) groups excluding carboxylic acids is 1.